The van der Waals surface area contributed by atoms with Crippen molar-refractivity contribution in [2.75, 3.05) is 39.4 Å². The summed E-state index contributed by atoms with van der Waals surface area (Å²) in [6.07, 6.45) is 6.64. The molecule has 3 rings (SSSR count). The van der Waals surface area contributed by atoms with Crippen molar-refractivity contribution in [3.8, 4) is 0 Å². The molecule has 0 aromatic rings. The molecule has 3 heteroatoms. The van der Waals surface area contributed by atoms with Gasteiger partial charge >= 0.3 is 0 Å². The zero-order valence-electron chi connectivity index (χ0n) is 14.3. The van der Waals surface area contributed by atoms with Gasteiger partial charge in [-0.05, 0) is 55.4 Å². The fourth-order valence-corrected chi connectivity index (χ4v) is 4.00. The third kappa shape index (κ3) is 4.20. The molecule has 3 aliphatic rings. The maximum absolute atomic E-state index is 5.64. The molecule has 2 aliphatic heterocycles. The van der Waals surface area contributed by atoms with Gasteiger partial charge in [0.15, 0.2) is 0 Å². The van der Waals surface area contributed by atoms with Gasteiger partial charge in [-0.1, -0.05) is 20.8 Å². The second kappa shape index (κ2) is 6.17. The molecule has 0 amide bonds. The maximum atomic E-state index is 5.64. The van der Waals surface area contributed by atoms with Crippen molar-refractivity contribution in [3.63, 3.8) is 0 Å². The molecule has 1 saturated carbocycles. The van der Waals surface area contributed by atoms with Gasteiger partial charge in [-0.2, -0.15) is 0 Å². The van der Waals surface area contributed by atoms with Gasteiger partial charge in [-0.3, -0.25) is 0 Å². The van der Waals surface area contributed by atoms with Gasteiger partial charge in [0.05, 0.1) is 0 Å². The van der Waals surface area contributed by atoms with Crippen LogP contribution in [0.2, 0.25) is 0 Å². The first kappa shape index (κ1) is 15.8. The number of hydrogen-bond acceptors (Lipinski definition) is 3. The molecule has 2 saturated heterocycles. The average Bonchev–Trinajstić information content (AvgIpc) is 3.15. The molecule has 2 heterocycles. The van der Waals surface area contributed by atoms with Crippen LogP contribution in [0.5, 0.6) is 0 Å². The van der Waals surface area contributed by atoms with Gasteiger partial charge in [0.1, 0.15) is 0 Å². The van der Waals surface area contributed by atoms with Crippen LogP contribution in [0.4, 0.5) is 0 Å². The molecular weight excluding hydrogens is 260 g/mol. The van der Waals surface area contributed by atoms with Gasteiger partial charge in [-0.15, -0.1) is 0 Å². The van der Waals surface area contributed by atoms with Gasteiger partial charge < -0.3 is 15.0 Å². The van der Waals surface area contributed by atoms with Crippen LogP contribution in [0.1, 0.15) is 52.9 Å². The fraction of sp³-hybridized carbons (Fsp3) is 1.00. The third-order valence-corrected chi connectivity index (χ3v) is 5.95. The lowest BCUT2D eigenvalue weighted by molar-refractivity contribution is -0.00233. The van der Waals surface area contributed by atoms with E-state index in [1.54, 1.807) is 0 Å². The predicted molar refractivity (Wildman–Crippen MR) is 87.5 cm³/mol. The summed E-state index contributed by atoms with van der Waals surface area (Å²) < 4.78 is 5.64. The highest BCUT2D eigenvalue weighted by atomic mass is 16.5. The van der Waals surface area contributed by atoms with Crippen molar-refractivity contribution in [1.82, 2.24) is 10.2 Å². The molecule has 0 bridgehead atoms. The Labute approximate surface area is 130 Å². The summed E-state index contributed by atoms with van der Waals surface area (Å²) in [4.78, 5) is 2.75. The number of rotatable bonds is 5. The summed E-state index contributed by atoms with van der Waals surface area (Å²) in [5.74, 6) is 0.866. The van der Waals surface area contributed by atoms with Crippen LogP contribution < -0.4 is 5.32 Å². The zero-order valence-corrected chi connectivity index (χ0v) is 14.3. The molecular formula is C18H34N2O. The Bertz CT molecular complexity index is 340. The van der Waals surface area contributed by atoms with E-state index in [1.807, 2.05) is 0 Å². The van der Waals surface area contributed by atoms with Crippen LogP contribution in [0.25, 0.3) is 0 Å². The van der Waals surface area contributed by atoms with Crippen LogP contribution in [0, 0.1) is 16.7 Å². The Kier molecular flexibility index (Phi) is 4.63. The van der Waals surface area contributed by atoms with E-state index in [4.69, 9.17) is 4.74 Å². The minimum atomic E-state index is 0.462. The Hall–Kier alpha value is -0.120. The monoisotopic (exact) mass is 294 g/mol. The lowest BCUT2D eigenvalue weighted by Gasteiger charge is -2.40. The molecule has 1 atom stereocenters. The topological polar surface area (TPSA) is 24.5 Å². The SMILES string of the molecule is CC(C)(C)C1CCN(CC2(CNC3CC3)CCOCC2)C1. The minimum Gasteiger partial charge on any atom is -0.381 e. The summed E-state index contributed by atoms with van der Waals surface area (Å²) in [5.41, 5.74) is 0.928. The second-order valence-electron chi connectivity index (χ2n) is 8.85. The Morgan fingerprint density at radius 3 is 2.43 bits per heavy atom. The molecule has 0 aromatic carbocycles. The second-order valence-corrected chi connectivity index (χ2v) is 8.85. The van der Waals surface area contributed by atoms with E-state index in [1.165, 1.54) is 58.3 Å². The van der Waals surface area contributed by atoms with E-state index in [-0.39, 0.29) is 0 Å². The normalized spacial score (nSPS) is 30.7. The first-order valence-corrected chi connectivity index (χ1v) is 9.00. The third-order valence-electron chi connectivity index (χ3n) is 5.95. The summed E-state index contributed by atoms with van der Waals surface area (Å²) in [6.45, 7) is 14.2. The molecule has 0 radical (unpaired) electrons. The number of ether oxygens (including phenoxy) is 1. The number of nitrogens with zero attached hydrogens (tertiary/aromatic N) is 1. The molecule has 1 N–H and O–H groups in total. The molecule has 3 nitrogen and oxygen atoms in total. The molecule has 1 aliphatic carbocycles. The molecule has 0 aromatic heterocycles. The highest BCUT2D eigenvalue weighted by Crippen LogP contribution is 2.37. The van der Waals surface area contributed by atoms with Crippen molar-refractivity contribution >= 4 is 0 Å². The number of nitrogens with one attached hydrogen (secondary N) is 1. The molecule has 3 fully saturated rings. The van der Waals surface area contributed by atoms with Gasteiger partial charge in [-0.25, -0.2) is 0 Å². The van der Waals surface area contributed by atoms with E-state index < -0.39 is 0 Å². The summed E-state index contributed by atoms with van der Waals surface area (Å²) in [7, 11) is 0. The maximum Gasteiger partial charge on any atom is 0.0472 e. The smallest absolute Gasteiger partial charge is 0.0472 e. The summed E-state index contributed by atoms with van der Waals surface area (Å²) in [5, 5.41) is 3.80. The number of hydrogen-bond donors (Lipinski definition) is 1. The first-order chi connectivity index (χ1) is 9.97. The van der Waals surface area contributed by atoms with E-state index in [2.05, 4.69) is 31.0 Å². The fourth-order valence-electron chi connectivity index (χ4n) is 4.00. The zero-order chi connectivity index (χ0) is 14.9. The van der Waals surface area contributed by atoms with Crippen LogP contribution in [-0.4, -0.2) is 50.3 Å². The molecule has 122 valence electrons. The van der Waals surface area contributed by atoms with Crippen molar-refractivity contribution < 1.29 is 4.74 Å². The molecule has 0 spiro atoms. The van der Waals surface area contributed by atoms with Crippen molar-refractivity contribution in [2.24, 2.45) is 16.7 Å². The molecule has 21 heavy (non-hydrogen) atoms. The number of likely N-dealkylation sites (tertiary alicyclic amines) is 1. The highest BCUT2D eigenvalue weighted by Gasteiger charge is 2.39. The standard InChI is InChI=1S/C18H34N2O/c1-17(2,3)15-6-9-20(12-15)14-18(7-10-21-11-8-18)13-19-16-4-5-16/h15-16,19H,4-14H2,1-3H3. The quantitative estimate of drug-likeness (QED) is 0.844. The van der Waals surface area contributed by atoms with Crippen molar-refractivity contribution in [1.29, 1.82) is 0 Å². The van der Waals surface area contributed by atoms with Gasteiger partial charge in [0.2, 0.25) is 0 Å². The van der Waals surface area contributed by atoms with Crippen LogP contribution in [-0.2, 0) is 4.74 Å². The average molecular weight is 294 g/mol. The van der Waals surface area contributed by atoms with Crippen molar-refractivity contribution in [3.05, 3.63) is 0 Å². The predicted octanol–water partition coefficient (Wildman–Crippen LogP) is 2.90. The Morgan fingerprint density at radius 1 is 1.14 bits per heavy atom. The first-order valence-electron chi connectivity index (χ1n) is 9.00. The molecule has 1 unspecified atom stereocenters. The van der Waals surface area contributed by atoms with Crippen LogP contribution >= 0.6 is 0 Å². The highest BCUT2D eigenvalue weighted by molar-refractivity contribution is 4.93. The summed E-state index contributed by atoms with van der Waals surface area (Å²) >= 11 is 0. The van der Waals surface area contributed by atoms with E-state index in [0.29, 0.717) is 10.8 Å². The minimum absolute atomic E-state index is 0.462. The largest absolute Gasteiger partial charge is 0.381 e. The Morgan fingerprint density at radius 2 is 1.86 bits per heavy atom. The van der Waals surface area contributed by atoms with Crippen molar-refractivity contribution in [2.45, 2.75) is 58.9 Å². The lowest BCUT2D eigenvalue weighted by atomic mass is 9.79. The Balaban J connectivity index is 1.56. The van der Waals surface area contributed by atoms with Gasteiger partial charge in [0, 0.05) is 38.9 Å². The summed E-state index contributed by atoms with van der Waals surface area (Å²) in [6, 6.07) is 0.825. The van der Waals surface area contributed by atoms with Crippen LogP contribution in [0.3, 0.4) is 0 Å². The van der Waals surface area contributed by atoms with Crippen LogP contribution in [0.15, 0.2) is 0 Å². The lowest BCUT2D eigenvalue weighted by Crippen LogP contribution is -2.47. The van der Waals surface area contributed by atoms with E-state index in [9.17, 15) is 0 Å². The van der Waals surface area contributed by atoms with E-state index >= 15 is 0 Å². The van der Waals surface area contributed by atoms with Gasteiger partial charge in [0.25, 0.3) is 0 Å². The van der Waals surface area contributed by atoms with E-state index in [0.717, 1.165) is 25.2 Å².